The minimum absolute atomic E-state index is 0.102. The lowest BCUT2D eigenvalue weighted by molar-refractivity contribution is -0.148. The van der Waals surface area contributed by atoms with Crippen molar-refractivity contribution < 1.29 is 14.3 Å². The van der Waals surface area contributed by atoms with Crippen LogP contribution in [0.2, 0.25) is 0 Å². The Morgan fingerprint density at radius 3 is 2.69 bits per heavy atom. The molecule has 1 aromatic carbocycles. The predicted octanol–water partition coefficient (Wildman–Crippen LogP) is 1.13. The first-order valence-corrected chi connectivity index (χ1v) is 5.25. The van der Waals surface area contributed by atoms with Gasteiger partial charge in [0.2, 0.25) is 6.10 Å². The molecule has 16 heavy (non-hydrogen) atoms. The number of rotatable bonds is 5. The van der Waals surface area contributed by atoms with E-state index in [2.05, 4.69) is 4.74 Å². The van der Waals surface area contributed by atoms with E-state index in [1.165, 1.54) is 7.11 Å². The zero-order valence-corrected chi connectivity index (χ0v) is 9.60. The van der Waals surface area contributed by atoms with Crippen LogP contribution >= 0.6 is 0 Å². The number of carbonyl (C=O) groups excluding carboxylic acids is 1. The number of para-hydroxylation sites is 1. The molecule has 0 aliphatic carbocycles. The lowest BCUT2D eigenvalue weighted by Gasteiger charge is -2.17. The van der Waals surface area contributed by atoms with Crippen LogP contribution in [0.1, 0.15) is 12.5 Å². The highest BCUT2D eigenvalue weighted by atomic mass is 16.6. The Morgan fingerprint density at radius 1 is 1.44 bits per heavy atom. The van der Waals surface area contributed by atoms with Gasteiger partial charge in [-0.2, -0.15) is 0 Å². The summed E-state index contributed by atoms with van der Waals surface area (Å²) in [6, 6.07) is 7.57. The molecule has 0 bridgehead atoms. The Balaban J connectivity index is 2.81. The van der Waals surface area contributed by atoms with Crippen molar-refractivity contribution in [2.75, 3.05) is 13.7 Å². The summed E-state index contributed by atoms with van der Waals surface area (Å²) < 4.78 is 10.1. The molecule has 0 radical (unpaired) electrons. The van der Waals surface area contributed by atoms with Crippen LogP contribution in [0.3, 0.4) is 0 Å². The quantitative estimate of drug-likeness (QED) is 0.760. The van der Waals surface area contributed by atoms with Crippen molar-refractivity contribution >= 4 is 5.97 Å². The molecule has 1 unspecified atom stereocenters. The number of hydrogen-bond acceptors (Lipinski definition) is 4. The summed E-state index contributed by atoms with van der Waals surface area (Å²) in [5, 5.41) is 0. The zero-order chi connectivity index (χ0) is 12.0. The normalized spacial score (nSPS) is 11.9. The van der Waals surface area contributed by atoms with Crippen LogP contribution < -0.4 is 10.5 Å². The van der Waals surface area contributed by atoms with Gasteiger partial charge < -0.3 is 15.2 Å². The van der Waals surface area contributed by atoms with Crippen molar-refractivity contribution in [1.82, 2.24) is 0 Å². The number of carbonyl (C=O) groups is 1. The molecule has 1 rings (SSSR count). The summed E-state index contributed by atoms with van der Waals surface area (Å²) in [6.07, 6.45) is 0.104. The Hall–Kier alpha value is -1.55. The molecule has 4 heteroatoms. The van der Waals surface area contributed by atoms with Crippen LogP contribution in [-0.2, 0) is 16.0 Å². The molecule has 0 aliphatic heterocycles. The van der Waals surface area contributed by atoms with E-state index in [1.54, 1.807) is 0 Å². The number of hydrogen-bond donors (Lipinski definition) is 1. The summed E-state index contributed by atoms with van der Waals surface area (Å²) in [7, 11) is 1.32. The molecule has 4 nitrogen and oxygen atoms in total. The van der Waals surface area contributed by atoms with E-state index in [4.69, 9.17) is 10.5 Å². The fraction of sp³-hybridized carbons (Fsp3) is 0.417. The van der Waals surface area contributed by atoms with Gasteiger partial charge in [-0.3, -0.25) is 0 Å². The van der Waals surface area contributed by atoms with E-state index in [9.17, 15) is 4.79 Å². The topological polar surface area (TPSA) is 61.5 Å². The maximum atomic E-state index is 11.3. The molecule has 1 aromatic rings. The van der Waals surface area contributed by atoms with Crippen molar-refractivity contribution in [2.24, 2.45) is 5.73 Å². The Morgan fingerprint density at radius 2 is 2.12 bits per heavy atom. The third-order valence-corrected chi connectivity index (χ3v) is 2.30. The van der Waals surface area contributed by atoms with Gasteiger partial charge in [-0.1, -0.05) is 25.1 Å². The van der Waals surface area contributed by atoms with Gasteiger partial charge in [0.1, 0.15) is 5.75 Å². The SMILES string of the molecule is CCc1ccccc1OC(CN)C(=O)OC. The average molecular weight is 223 g/mol. The van der Waals surface area contributed by atoms with E-state index in [0.717, 1.165) is 12.0 Å². The highest BCUT2D eigenvalue weighted by molar-refractivity contribution is 5.75. The van der Waals surface area contributed by atoms with E-state index in [1.807, 2.05) is 31.2 Å². The number of aryl methyl sites for hydroxylation is 1. The average Bonchev–Trinajstić information content (AvgIpc) is 2.35. The highest BCUT2D eigenvalue weighted by Gasteiger charge is 2.19. The molecule has 0 heterocycles. The molecular weight excluding hydrogens is 206 g/mol. The van der Waals surface area contributed by atoms with Crippen LogP contribution in [0.15, 0.2) is 24.3 Å². The third kappa shape index (κ3) is 2.97. The second kappa shape index (κ2) is 6.12. The van der Waals surface area contributed by atoms with Crippen molar-refractivity contribution in [3.63, 3.8) is 0 Å². The molecule has 1 atom stereocenters. The van der Waals surface area contributed by atoms with Gasteiger partial charge in [0, 0.05) is 6.54 Å². The van der Waals surface area contributed by atoms with Crippen LogP contribution in [-0.4, -0.2) is 25.7 Å². The summed E-state index contributed by atoms with van der Waals surface area (Å²) in [4.78, 5) is 11.3. The minimum atomic E-state index is -0.738. The molecule has 0 amide bonds. The van der Waals surface area contributed by atoms with Gasteiger partial charge in [-0.05, 0) is 18.1 Å². The number of nitrogens with two attached hydrogens (primary N) is 1. The monoisotopic (exact) mass is 223 g/mol. The van der Waals surface area contributed by atoms with Gasteiger partial charge in [-0.15, -0.1) is 0 Å². The van der Waals surface area contributed by atoms with Crippen LogP contribution in [0.25, 0.3) is 0 Å². The first-order chi connectivity index (χ1) is 7.72. The molecule has 0 aliphatic rings. The van der Waals surface area contributed by atoms with E-state index in [-0.39, 0.29) is 6.54 Å². The van der Waals surface area contributed by atoms with Crippen LogP contribution in [0.4, 0.5) is 0 Å². The summed E-state index contributed by atoms with van der Waals surface area (Å²) in [5.41, 5.74) is 6.51. The molecule has 0 saturated carbocycles. The lowest BCUT2D eigenvalue weighted by atomic mass is 10.1. The summed E-state index contributed by atoms with van der Waals surface area (Å²) >= 11 is 0. The first kappa shape index (κ1) is 12.5. The minimum Gasteiger partial charge on any atom is -0.477 e. The van der Waals surface area contributed by atoms with Crippen molar-refractivity contribution in [3.05, 3.63) is 29.8 Å². The van der Waals surface area contributed by atoms with E-state index >= 15 is 0 Å². The molecule has 0 fully saturated rings. The van der Waals surface area contributed by atoms with Gasteiger partial charge in [0.15, 0.2) is 0 Å². The van der Waals surface area contributed by atoms with E-state index in [0.29, 0.717) is 5.75 Å². The highest BCUT2D eigenvalue weighted by Crippen LogP contribution is 2.19. The smallest absolute Gasteiger partial charge is 0.348 e. The van der Waals surface area contributed by atoms with Crippen molar-refractivity contribution in [3.8, 4) is 5.75 Å². The Bertz CT molecular complexity index is 352. The number of esters is 1. The van der Waals surface area contributed by atoms with Crippen molar-refractivity contribution in [1.29, 1.82) is 0 Å². The molecule has 0 saturated heterocycles. The maximum absolute atomic E-state index is 11.3. The van der Waals surface area contributed by atoms with Gasteiger partial charge in [0.05, 0.1) is 7.11 Å². The summed E-state index contributed by atoms with van der Waals surface area (Å²) in [6.45, 7) is 2.13. The van der Waals surface area contributed by atoms with Crippen molar-refractivity contribution in [2.45, 2.75) is 19.4 Å². The number of methoxy groups -OCH3 is 1. The fourth-order valence-electron chi connectivity index (χ4n) is 1.39. The Kier molecular flexibility index (Phi) is 4.79. The van der Waals surface area contributed by atoms with Gasteiger partial charge in [-0.25, -0.2) is 4.79 Å². The zero-order valence-electron chi connectivity index (χ0n) is 9.60. The van der Waals surface area contributed by atoms with E-state index < -0.39 is 12.1 Å². The molecule has 0 spiro atoms. The molecule has 0 aromatic heterocycles. The standard InChI is InChI=1S/C12H17NO3/c1-3-9-6-4-5-7-10(9)16-11(8-13)12(14)15-2/h4-7,11H,3,8,13H2,1-2H3. The van der Waals surface area contributed by atoms with Crippen LogP contribution in [0, 0.1) is 0 Å². The van der Waals surface area contributed by atoms with Crippen LogP contribution in [0.5, 0.6) is 5.75 Å². The largest absolute Gasteiger partial charge is 0.477 e. The van der Waals surface area contributed by atoms with Gasteiger partial charge in [0.25, 0.3) is 0 Å². The first-order valence-electron chi connectivity index (χ1n) is 5.25. The lowest BCUT2D eigenvalue weighted by Crippen LogP contribution is -2.36. The Labute approximate surface area is 95.3 Å². The second-order valence-electron chi connectivity index (χ2n) is 3.33. The second-order valence-corrected chi connectivity index (χ2v) is 3.33. The molecule has 2 N–H and O–H groups in total. The van der Waals surface area contributed by atoms with Gasteiger partial charge >= 0.3 is 5.97 Å². The third-order valence-electron chi connectivity index (χ3n) is 2.30. The molecule has 88 valence electrons. The number of ether oxygens (including phenoxy) is 2. The predicted molar refractivity (Wildman–Crippen MR) is 61.3 cm³/mol. The fourth-order valence-corrected chi connectivity index (χ4v) is 1.39. The molecular formula is C12H17NO3. The maximum Gasteiger partial charge on any atom is 0.348 e. The number of benzene rings is 1. The summed E-state index contributed by atoms with van der Waals surface area (Å²) in [5.74, 6) is 0.235.